The van der Waals surface area contributed by atoms with Gasteiger partial charge in [0.05, 0.1) is 19.5 Å². The Labute approximate surface area is 194 Å². The van der Waals surface area contributed by atoms with Crippen LogP contribution in [0.4, 0.5) is 11.6 Å². The molecule has 34 heavy (non-hydrogen) atoms. The Bertz CT molecular complexity index is 1450. The smallest absolute Gasteiger partial charge is 0.274 e. The molecule has 174 valence electrons. The Balaban J connectivity index is 1.53. The van der Waals surface area contributed by atoms with Crippen molar-refractivity contribution >= 4 is 28.6 Å². The highest BCUT2D eigenvalue weighted by Gasteiger charge is 2.25. The third-order valence-electron chi connectivity index (χ3n) is 5.71. The van der Waals surface area contributed by atoms with Crippen LogP contribution >= 0.6 is 0 Å². The van der Waals surface area contributed by atoms with Gasteiger partial charge in [0.1, 0.15) is 16.9 Å². The van der Waals surface area contributed by atoms with Crippen molar-refractivity contribution in [2.45, 2.75) is 18.8 Å². The molecule has 0 aromatic carbocycles. The van der Waals surface area contributed by atoms with Crippen LogP contribution in [-0.2, 0) is 14.1 Å². The van der Waals surface area contributed by atoms with Gasteiger partial charge in [-0.2, -0.15) is 4.98 Å². The lowest BCUT2D eigenvalue weighted by molar-refractivity contribution is 0.387. The van der Waals surface area contributed by atoms with Crippen LogP contribution in [0.25, 0.3) is 16.9 Å². The lowest BCUT2D eigenvalue weighted by Crippen LogP contribution is -2.20. The molecule has 0 spiro atoms. The van der Waals surface area contributed by atoms with E-state index in [0.717, 1.165) is 18.4 Å². The summed E-state index contributed by atoms with van der Waals surface area (Å²) >= 11 is 0. The highest BCUT2D eigenvalue weighted by Crippen LogP contribution is 2.41. The highest BCUT2D eigenvalue weighted by molar-refractivity contribution is 5.85. The lowest BCUT2D eigenvalue weighted by atomic mass is 10.2. The van der Waals surface area contributed by atoms with Gasteiger partial charge in [0.2, 0.25) is 5.95 Å². The van der Waals surface area contributed by atoms with Crippen molar-refractivity contribution in [1.82, 2.24) is 29.1 Å². The van der Waals surface area contributed by atoms with E-state index in [2.05, 4.69) is 25.3 Å². The number of hydrogen-bond acceptors (Lipinski definition) is 9. The van der Waals surface area contributed by atoms with Crippen LogP contribution in [0.2, 0.25) is 0 Å². The molecule has 4 aromatic heterocycles. The van der Waals surface area contributed by atoms with Crippen molar-refractivity contribution in [1.29, 1.82) is 0 Å². The maximum absolute atomic E-state index is 12.7. The van der Waals surface area contributed by atoms with Gasteiger partial charge in [0.25, 0.3) is 5.56 Å². The minimum atomic E-state index is -0.137. The molecule has 11 heteroatoms. The molecule has 1 aliphatic carbocycles. The molecule has 0 aliphatic heterocycles. The van der Waals surface area contributed by atoms with E-state index >= 15 is 0 Å². The van der Waals surface area contributed by atoms with Gasteiger partial charge in [-0.05, 0) is 30.4 Å². The zero-order valence-corrected chi connectivity index (χ0v) is 19.0. The minimum absolute atomic E-state index is 0.137. The standard InChI is InChI=1S/C23H24N8O3/c1-30-12-14(13-4-5-13)8-15(22(30)32)28-23-29-21-19(31(23)2)20(33-3)18(11-27-21)34-17(9-24)16-10-25-6-7-26-16/h6-13H,4-5,24H2,1-3H3,(H,27,28,29)/b17-9+. The van der Waals surface area contributed by atoms with E-state index in [9.17, 15) is 4.79 Å². The van der Waals surface area contributed by atoms with E-state index in [1.54, 1.807) is 34.8 Å². The number of ether oxygens (including phenoxy) is 2. The van der Waals surface area contributed by atoms with E-state index in [1.807, 2.05) is 19.3 Å². The predicted molar refractivity (Wildman–Crippen MR) is 127 cm³/mol. The lowest BCUT2D eigenvalue weighted by Gasteiger charge is -2.13. The molecule has 11 nitrogen and oxygen atoms in total. The van der Waals surface area contributed by atoms with Gasteiger partial charge in [-0.3, -0.25) is 9.78 Å². The van der Waals surface area contributed by atoms with E-state index < -0.39 is 0 Å². The number of aryl methyl sites for hydroxylation is 2. The first-order valence-corrected chi connectivity index (χ1v) is 10.7. The average Bonchev–Trinajstić information content (AvgIpc) is 3.66. The summed E-state index contributed by atoms with van der Waals surface area (Å²) in [6.45, 7) is 0. The second kappa shape index (κ2) is 8.50. The summed E-state index contributed by atoms with van der Waals surface area (Å²) in [6.07, 6.45) is 11.6. The molecule has 1 aliphatic rings. The third kappa shape index (κ3) is 3.81. The Hall–Kier alpha value is -4.41. The topological polar surface area (TPSA) is 135 Å². The summed E-state index contributed by atoms with van der Waals surface area (Å²) < 4.78 is 15.0. The van der Waals surface area contributed by atoms with Crippen LogP contribution in [0.3, 0.4) is 0 Å². The number of rotatable bonds is 7. The number of anilines is 2. The van der Waals surface area contributed by atoms with Gasteiger partial charge in [-0.1, -0.05) is 0 Å². The number of nitrogens with one attached hydrogen (secondary N) is 1. The van der Waals surface area contributed by atoms with E-state index in [-0.39, 0.29) is 5.56 Å². The summed E-state index contributed by atoms with van der Waals surface area (Å²) in [4.78, 5) is 30.0. The Morgan fingerprint density at radius 3 is 2.74 bits per heavy atom. The quantitative estimate of drug-likeness (QED) is 0.399. The van der Waals surface area contributed by atoms with Gasteiger partial charge >= 0.3 is 0 Å². The summed E-state index contributed by atoms with van der Waals surface area (Å²) in [5, 5.41) is 3.17. The van der Waals surface area contributed by atoms with Crippen LogP contribution in [0.1, 0.15) is 30.0 Å². The number of methoxy groups -OCH3 is 1. The molecule has 0 radical (unpaired) electrons. The number of fused-ring (bicyclic) bond motifs is 1. The summed E-state index contributed by atoms with van der Waals surface area (Å²) in [6, 6.07) is 1.90. The largest absolute Gasteiger partial charge is 0.491 e. The van der Waals surface area contributed by atoms with Crippen molar-refractivity contribution < 1.29 is 9.47 Å². The Kier molecular flexibility index (Phi) is 5.36. The highest BCUT2D eigenvalue weighted by atomic mass is 16.5. The van der Waals surface area contributed by atoms with Crippen LogP contribution in [-0.4, -0.2) is 36.2 Å². The van der Waals surface area contributed by atoms with Crippen molar-refractivity contribution in [3.05, 3.63) is 64.9 Å². The normalized spacial score (nSPS) is 13.8. The van der Waals surface area contributed by atoms with E-state index in [1.165, 1.54) is 19.5 Å². The molecule has 0 bridgehead atoms. The molecule has 0 saturated heterocycles. The molecule has 5 rings (SSSR count). The number of aromatic nitrogens is 6. The summed E-state index contributed by atoms with van der Waals surface area (Å²) in [5.74, 6) is 2.00. The third-order valence-corrected chi connectivity index (χ3v) is 5.71. The average molecular weight is 460 g/mol. The van der Waals surface area contributed by atoms with E-state index in [0.29, 0.717) is 51.7 Å². The van der Waals surface area contributed by atoms with Crippen LogP contribution in [0.15, 0.2) is 48.0 Å². The molecule has 4 heterocycles. The molecule has 1 saturated carbocycles. The fraction of sp³-hybridized carbons (Fsp3) is 0.261. The maximum atomic E-state index is 12.7. The molecule has 0 unspecified atom stereocenters. The first kappa shape index (κ1) is 21.4. The number of imidazole rings is 1. The fourth-order valence-corrected chi connectivity index (χ4v) is 3.81. The van der Waals surface area contributed by atoms with Gasteiger partial charge in [0.15, 0.2) is 22.9 Å². The number of pyridine rings is 2. The van der Waals surface area contributed by atoms with Crippen LogP contribution in [0, 0.1) is 0 Å². The molecule has 0 amide bonds. The predicted octanol–water partition coefficient (Wildman–Crippen LogP) is 2.42. The minimum Gasteiger partial charge on any atom is -0.491 e. The zero-order chi connectivity index (χ0) is 23.8. The van der Waals surface area contributed by atoms with Crippen molar-refractivity contribution in [2.75, 3.05) is 12.4 Å². The van der Waals surface area contributed by atoms with Gasteiger partial charge < -0.3 is 29.7 Å². The second-order valence-corrected chi connectivity index (χ2v) is 8.05. The maximum Gasteiger partial charge on any atom is 0.274 e. The van der Waals surface area contributed by atoms with Crippen molar-refractivity contribution in [3.8, 4) is 11.5 Å². The van der Waals surface area contributed by atoms with Gasteiger partial charge in [-0.15, -0.1) is 0 Å². The van der Waals surface area contributed by atoms with Crippen LogP contribution < -0.4 is 26.1 Å². The van der Waals surface area contributed by atoms with Crippen molar-refractivity contribution in [3.63, 3.8) is 0 Å². The fourth-order valence-electron chi connectivity index (χ4n) is 3.81. The zero-order valence-electron chi connectivity index (χ0n) is 19.0. The number of nitrogens with zero attached hydrogens (tertiary/aromatic N) is 6. The summed E-state index contributed by atoms with van der Waals surface area (Å²) in [5.41, 5.74) is 8.71. The molecular weight excluding hydrogens is 436 g/mol. The Morgan fingerprint density at radius 2 is 2.06 bits per heavy atom. The molecule has 3 N–H and O–H groups in total. The molecule has 4 aromatic rings. The first-order valence-electron chi connectivity index (χ1n) is 10.7. The number of nitrogens with two attached hydrogens (primary N) is 1. The Morgan fingerprint density at radius 1 is 1.24 bits per heavy atom. The van der Waals surface area contributed by atoms with Crippen LogP contribution in [0.5, 0.6) is 11.5 Å². The summed E-state index contributed by atoms with van der Waals surface area (Å²) in [7, 11) is 5.09. The molecular formula is C23H24N8O3. The monoisotopic (exact) mass is 460 g/mol. The van der Waals surface area contributed by atoms with Gasteiger partial charge in [0, 0.05) is 38.9 Å². The van der Waals surface area contributed by atoms with Gasteiger partial charge in [-0.25, -0.2) is 9.97 Å². The SMILES string of the molecule is COc1c(O/C(=C/N)c2cnccn2)cnc2nc(Nc3cc(C4CC4)cn(C)c3=O)n(C)c12. The molecule has 0 atom stereocenters. The first-order chi connectivity index (χ1) is 16.5. The van der Waals surface area contributed by atoms with E-state index in [4.69, 9.17) is 15.2 Å². The second-order valence-electron chi connectivity index (χ2n) is 8.05. The van der Waals surface area contributed by atoms with Crippen molar-refractivity contribution in [2.24, 2.45) is 19.8 Å². The number of hydrogen-bond donors (Lipinski definition) is 2. The molecule has 1 fully saturated rings.